The molecule has 70 valence electrons. The van der Waals surface area contributed by atoms with Gasteiger partial charge < -0.3 is 10.6 Å². The molecule has 1 aliphatic heterocycles. The molecule has 12 heavy (non-hydrogen) atoms. The van der Waals surface area contributed by atoms with Gasteiger partial charge in [-0.3, -0.25) is 0 Å². The van der Waals surface area contributed by atoms with E-state index in [-0.39, 0.29) is 0 Å². The topological polar surface area (TPSA) is 24.1 Å². The summed E-state index contributed by atoms with van der Waals surface area (Å²) in [6.07, 6.45) is 5.56. The Kier molecular flexibility index (Phi) is 2.66. The summed E-state index contributed by atoms with van der Waals surface area (Å²) >= 11 is 0. The molecule has 0 aromatic carbocycles. The smallest absolute Gasteiger partial charge is 0.00683 e. The molecule has 1 saturated carbocycles. The maximum atomic E-state index is 3.62. The van der Waals surface area contributed by atoms with Crippen LogP contribution in [0.25, 0.3) is 0 Å². The van der Waals surface area contributed by atoms with E-state index in [9.17, 15) is 0 Å². The molecule has 2 heteroatoms. The van der Waals surface area contributed by atoms with Crippen molar-refractivity contribution in [1.29, 1.82) is 0 Å². The van der Waals surface area contributed by atoms with E-state index in [0.29, 0.717) is 0 Å². The number of piperidine rings is 1. The number of hydrogen-bond donors (Lipinski definition) is 2. The highest BCUT2D eigenvalue weighted by molar-refractivity contribution is 4.84. The van der Waals surface area contributed by atoms with Crippen molar-refractivity contribution in [1.82, 2.24) is 10.6 Å². The normalized spacial score (nSPS) is 36.8. The Morgan fingerprint density at radius 1 is 1.33 bits per heavy atom. The molecule has 0 aromatic heterocycles. The molecule has 0 aromatic rings. The Balaban J connectivity index is 1.64. The van der Waals surface area contributed by atoms with Gasteiger partial charge in [0.25, 0.3) is 0 Å². The predicted molar refractivity (Wildman–Crippen MR) is 51.2 cm³/mol. The summed E-state index contributed by atoms with van der Waals surface area (Å²) < 4.78 is 0. The molecule has 2 unspecified atom stereocenters. The van der Waals surface area contributed by atoms with E-state index < -0.39 is 0 Å². The van der Waals surface area contributed by atoms with E-state index in [1.807, 2.05) is 0 Å². The van der Waals surface area contributed by atoms with Crippen molar-refractivity contribution in [3.05, 3.63) is 0 Å². The summed E-state index contributed by atoms with van der Waals surface area (Å²) in [5.74, 6) is 0.932. The zero-order valence-electron chi connectivity index (χ0n) is 7.97. The van der Waals surface area contributed by atoms with Gasteiger partial charge in [-0.1, -0.05) is 0 Å². The van der Waals surface area contributed by atoms with Crippen LogP contribution in [0.2, 0.25) is 0 Å². The maximum Gasteiger partial charge on any atom is 0.00683 e. The van der Waals surface area contributed by atoms with Crippen molar-refractivity contribution in [3.8, 4) is 0 Å². The molecule has 2 fully saturated rings. The van der Waals surface area contributed by atoms with Gasteiger partial charge in [-0.15, -0.1) is 0 Å². The highest BCUT2D eigenvalue weighted by atomic mass is 15.0. The second-order valence-electron chi connectivity index (χ2n) is 4.43. The van der Waals surface area contributed by atoms with Crippen LogP contribution in [0.1, 0.15) is 32.6 Å². The SMILES string of the molecule is CC1CC(CNC2CC2)CCN1. The first-order valence-electron chi connectivity index (χ1n) is 5.31. The molecule has 0 spiro atoms. The number of hydrogen-bond acceptors (Lipinski definition) is 2. The fraction of sp³-hybridized carbons (Fsp3) is 1.00. The quantitative estimate of drug-likeness (QED) is 0.660. The van der Waals surface area contributed by atoms with Crippen molar-refractivity contribution < 1.29 is 0 Å². The molecular formula is C10H20N2. The molecule has 1 heterocycles. The minimum atomic E-state index is 0.741. The van der Waals surface area contributed by atoms with Gasteiger partial charge in [-0.25, -0.2) is 0 Å². The molecule has 0 radical (unpaired) electrons. The summed E-state index contributed by atoms with van der Waals surface area (Å²) in [7, 11) is 0. The molecule has 0 amide bonds. The van der Waals surface area contributed by atoms with Crippen LogP contribution >= 0.6 is 0 Å². The molecule has 2 atom stereocenters. The van der Waals surface area contributed by atoms with E-state index in [0.717, 1.165) is 18.0 Å². The fourth-order valence-corrected chi connectivity index (χ4v) is 2.04. The zero-order valence-corrected chi connectivity index (χ0v) is 7.97. The zero-order chi connectivity index (χ0) is 8.39. The fourth-order valence-electron chi connectivity index (χ4n) is 2.04. The lowest BCUT2D eigenvalue weighted by Crippen LogP contribution is -2.39. The van der Waals surface area contributed by atoms with Crippen LogP contribution in [0.5, 0.6) is 0 Å². The largest absolute Gasteiger partial charge is 0.314 e. The van der Waals surface area contributed by atoms with Gasteiger partial charge in [-0.05, 0) is 51.6 Å². The molecule has 2 rings (SSSR count). The van der Waals surface area contributed by atoms with E-state index in [4.69, 9.17) is 0 Å². The third kappa shape index (κ3) is 2.46. The van der Waals surface area contributed by atoms with Crippen LogP contribution in [-0.2, 0) is 0 Å². The molecule has 1 aliphatic carbocycles. The number of rotatable bonds is 3. The van der Waals surface area contributed by atoms with E-state index in [1.165, 1.54) is 38.8 Å². The number of nitrogens with one attached hydrogen (secondary N) is 2. The van der Waals surface area contributed by atoms with Gasteiger partial charge in [0.2, 0.25) is 0 Å². The lowest BCUT2D eigenvalue weighted by Gasteiger charge is -2.28. The van der Waals surface area contributed by atoms with E-state index in [1.54, 1.807) is 0 Å². The van der Waals surface area contributed by atoms with Crippen molar-refractivity contribution >= 4 is 0 Å². The van der Waals surface area contributed by atoms with E-state index >= 15 is 0 Å². The van der Waals surface area contributed by atoms with Crippen LogP contribution in [0, 0.1) is 5.92 Å². The molecule has 2 N–H and O–H groups in total. The molecule has 2 aliphatic rings. The van der Waals surface area contributed by atoms with Gasteiger partial charge in [0.15, 0.2) is 0 Å². The third-order valence-electron chi connectivity index (χ3n) is 3.00. The Bertz CT molecular complexity index is 143. The van der Waals surface area contributed by atoms with Crippen LogP contribution in [0.15, 0.2) is 0 Å². The Hall–Kier alpha value is -0.0800. The first-order valence-corrected chi connectivity index (χ1v) is 5.31. The highest BCUT2D eigenvalue weighted by Gasteiger charge is 2.23. The summed E-state index contributed by atoms with van der Waals surface area (Å²) in [5.41, 5.74) is 0. The maximum absolute atomic E-state index is 3.62. The van der Waals surface area contributed by atoms with Crippen LogP contribution < -0.4 is 10.6 Å². The molecule has 1 saturated heterocycles. The standard InChI is InChI=1S/C10H20N2/c1-8-6-9(4-5-11-8)7-12-10-2-3-10/h8-12H,2-7H2,1H3. The minimum absolute atomic E-state index is 0.741. The van der Waals surface area contributed by atoms with Gasteiger partial charge in [-0.2, -0.15) is 0 Å². The first kappa shape index (κ1) is 8.52. The predicted octanol–water partition coefficient (Wildman–Crippen LogP) is 1.13. The summed E-state index contributed by atoms with van der Waals surface area (Å²) in [6, 6.07) is 1.62. The van der Waals surface area contributed by atoms with Crippen molar-refractivity contribution in [3.63, 3.8) is 0 Å². The average molecular weight is 168 g/mol. The minimum Gasteiger partial charge on any atom is -0.314 e. The third-order valence-corrected chi connectivity index (χ3v) is 3.00. The van der Waals surface area contributed by atoms with Gasteiger partial charge >= 0.3 is 0 Å². The Labute approximate surface area is 75.1 Å². The van der Waals surface area contributed by atoms with Crippen LogP contribution in [0.4, 0.5) is 0 Å². The second-order valence-corrected chi connectivity index (χ2v) is 4.43. The summed E-state index contributed by atoms with van der Waals surface area (Å²) in [6.45, 7) is 4.78. The van der Waals surface area contributed by atoms with Crippen molar-refractivity contribution in [2.24, 2.45) is 5.92 Å². The Morgan fingerprint density at radius 3 is 2.83 bits per heavy atom. The van der Waals surface area contributed by atoms with Gasteiger partial charge in [0.1, 0.15) is 0 Å². The molecule has 0 bridgehead atoms. The second kappa shape index (κ2) is 3.75. The highest BCUT2D eigenvalue weighted by Crippen LogP contribution is 2.21. The van der Waals surface area contributed by atoms with Crippen molar-refractivity contribution in [2.45, 2.75) is 44.7 Å². The first-order chi connectivity index (χ1) is 5.84. The van der Waals surface area contributed by atoms with Gasteiger partial charge in [0, 0.05) is 12.1 Å². The van der Waals surface area contributed by atoms with E-state index in [2.05, 4.69) is 17.6 Å². The van der Waals surface area contributed by atoms with Crippen LogP contribution in [-0.4, -0.2) is 25.2 Å². The average Bonchev–Trinajstić information content (AvgIpc) is 2.84. The van der Waals surface area contributed by atoms with Crippen molar-refractivity contribution in [2.75, 3.05) is 13.1 Å². The molecular weight excluding hydrogens is 148 g/mol. The lowest BCUT2D eigenvalue weighted by atomic mass is 9.93. The van der Waals surface area contributed by atoms with Gasteiger partial charge in [0.05, 0.1) is 0 Å². The lowest BCUT2D eigenvalue weighted by molar-refractivity contribution is 0.304. The summed E-state index contributed by atoms with van der Waals surface area (Å²) in [4.78, 5) is 0. The van der Waals surface area contributed by atoms with Crippen LogP contribution in [0.3, 0.4) is 0 Å². The summed E-state index contributed by atoms with van der Waals surface area (Å²) in [5, 5.41) is 7.11. The molecule has 2 nitrogen and oxygen atoms in total. The monoisotopic (exact) mass is 168 g/mol. The Morgan fingerprint density at radius 2 is 2.17 bits per heavy atom.